The van der Waals surface area contributed by atoms with Crippen molar-refractivity contribution in [2.45, 2.75) is 53.1 Å². The summed E-state index contributed by atoms with van der Waals surface area (Å²) in [6.45, 7) is 9.58. The van der Waals surface area contributed by atoms with Gasteiger partial charge in [-0.1, -0.05) is 20.8 Å². The van der Waals surface area contributed by atoms with Crippen LogP contribution in [0.2, 0.25) is 0 Å². The van der Waals surface area contributed by atoms with E-state index in [9.17, 15) is 9.59 Å². The second-order valence-electron chi connectivity index (χ2n) is 4.79. The van der Waals surface area contributed by atoms with Crippen molar-refractivity contribution in [1.82, 2.24) is 0 Å². The number of ether oxygens (including phenoxy) is 1. The van der Waals surface area contributed by atoms with Gasteiger partial charge in [-0.25, -0.2) is 0 Å². The molecule has 0 aromatic carbocycles. The Balaban J connectivity index is 4.50. The highest BCUT2D eigenvalue weighted by Crippen LogP contribution is 2.36. The van der Waals surface area contributed by atoms with Crippen molar-refractivity contribution in [3.8, 4) is 0 Å². The van der Waals surface area contributed by atoms with Crippen molar-refractivity contribution < 1.29 is 19.4 Å². The molecule has 4 nitrogen and oxygen atoms in total. The topological polar surface area (TPSA) is 63.6 Å². The second kappa shape index (κ2) is 4.64. The average Bonchev–Trinajstić information content (AvgIpc) is 2.00. The minimum atomic E-state index is -1.16. The molecule has 15 heavy (non-hydrogen) atoms. The Hall–Kier alpha value is -1.06. The molecule has 0 saturated heterocycles. The highest BCUT2D eigenvalue weighted by molar-refractivity contribution is 5.90. The number of hydrogen-bond acceptors (Lipinski definition) is 3. The van der Waals surface area contributed by atoms with E-state index in [0.29, 0.717) is 0 Å². The van der Waals surface area contributed by atoms with Crippen LogP contribution >= 0.6 is 0 Å². The lowest BCUT2D eigenvalue weighted by Gasteiger charge is -2.40. The van der Waals surface area contributed by atoms with Crippen molar-refractivity contribution in [3.05, 3.63) is 0 Å². The third-order valence-electron chi connectivity index (χ3n) is 3.18. The number of hydrogen-bond donors (Lipinski definition) is 1. The normalized spacial score (nSPS) is 12.3. The number of aliphatic carboxylic acids is 1. The lowest BCUT2D eigenvalue weighted by atomic mass is 9.75. The molecule has 0 aromatic heterocycles. The van der Waals surface area contributed by atoms with Gasteiger partial charge in [0.25, 0.3) is 0 Å². The average molecular weight is 216 g/mol. The summed E-state index contributed by atoms with van der Waals surface area (Å²) in [7, 11) is 0. The molecule has 1 N–H and O–H groups in total. The van der Waals surface area contributed by atoms with Crippen molar-refractivity contribution in [2.24, 2.45) is 5.41 Å². The molecule has 0 bridgehead atoms. The first kappa shape index (κ1) is 13.9. The van der Waals surface area contributed by atoms with E-state index in [1.807, 2.05) is 20.8 Å². The van der Waals surface area contributed by atoms with Crippen molar-refractivity contribution in [3.63, 3.8) is 0 Å². The first-order valence-corrected chi connectivity index (χ1v) is 5.06. The molecule has 0 aliphatic heterocycles. The third-order valence-corrected chi connectivity index (χ3v) is 3.18. The predicted molar refractivity (Wildman–Crippen MR) is 56.5 cm³/mol. The van der Waals surface area contributed by atoms with Crippen LogP contribution in [-0.2, 0) is 14.3 Å². The maximum absolute atomic E-state index is 11.2. The lowest BCUT2D eigenvalue weighted by molar-refractivity contribution is -0.171. The molecule has 0 radical (unpaired) electrons. The number of carbonyl (C=O) groups excluding carboxylic acids is 1. The van der Waals surface area contributed by atoms with Crippen LogP contribution in [-0.4, -0.2) is 22.6 Å². The minimum Gasteiger partial charge on any atom is -0.481 e. The summed E-state index contributed by atoms with van der Waals surface area (Å²) in [5.41, 5.74) is -0.838. The van der Waals surface area contributed by atoms with Crippen molar-refractivity contribution in [2.75, 3.05) is 0 Å². The summed E-state index contributed by atoms with van der Waals surface area (Å²) in [4.78, 5) is 21.5. The molecule has 0 heterocycles. The zero-order valence-electron chi connectivity index (χ0n) is 10.1. The van der Waals surface area contributed by atoms with Crippen LogP contribution in [0.5, 0.6) is 0 Å². The molecule has 0 aliphatic rings. The SMILES string of the molecule is CCC(C)(C)C(C)(C)OC(=O)CC(=O)O. The Morgan fingerprint density at radius 2 is 1.67 bits per heavy atom. The maximum Gasteiger partial charge on any atom is 0.317 e. The summed E-state index contributed by atoms with van der Waals surface area (Å²) in [6.07, 6.45) is 0.267. The van der Waals surface area contributed by atoms with E-state index in [0.717, 1.165) is 6.42 Å². The van der Waals surface area contributed by atoms with E-state index in [4.69, 9.17) is 9.84 Å². The first-order chi connectivity index (χ1) is 6.62. The molecule has 4 heteroatoms. The quantitative estimate of drug-likeness (QED) is 0.565. The number of carboxylic acid groups (broad SMARTS) is 1. The van der Waals surface area contributed by atoms with Crippen LogP contribution in [0, 0.1) is 5.41 Å². The fourth-order valence-electron chi connectivity index (χ4n) is 1.01. The lowest BCUT2D eigenvalue weighted by Crippen LogP contribution is -2.43. The van der Waals surface area contributed by atoms with Gasteiger partial charge in [-0.3, -0.25) is 9.59 Å². The molecule has 0 spiro atoms. The Labute approximate surface area is 90.6 Å². The van der Waals surface area contributed by atoms with Crippen LogP contribution in [0.1, 0.15) is 47.5 Å². The standard InChI is InChI=1S/C11H20O4/c1-6-10(2,3)11(4,5)15-9(14)7-8(12)13/h6-7H2,1-5H3,(H,12,13). The highest BCUT2D eigenvalue weighted by Gasteiger charge is 2.39. The molecule has 88 valence electrons. The van der Waals surface area contributed by atoms with Gasteiger partial charge in [0.15, 0.2) is 0 Å². The third kappa shape index (κ3) is 3.90. The molecule has 0 unspecified atom stereocenters. The first-order valence-electron chi connectivity index (χ1n) is 5.06. The Kier molecular flexibility index (Phi) is 4.31. The summed E-state index contributed by atoms with van der Waals surface area (Å²) in [5, 5.41) is 8.44. The minimum absolute atomic E-state index is 0.179. The summed E-state index contributed by atoms with van der Waals surface area (Å²) in [5.74, 6) is -1.85. The van der Waals surface area contributed by atoms with Crippen LogP contribution in [0.25, 0.3) is 0 Å². The fraction of sp³-hybridized carbons (Fsp3) is 0.818. The number of esters is 1. The molecule has 0 aromatic rings. The van der Waals surface area contributed by atoms with Gasteiger partial charge < -0.3 is 9.84 Å². The molecule has 0 atom stereocenters. The highest BCUT2D eigenvalue weighted by atomic mass is 16.6. The Bertz CT molecular complexity index is 253. The van der Waals surface area contributed by atoms with Gasteiger partial charge in [0.2, 0.25) is 0 Å². The van der Waals surface area contributed by atoms with Crippen molar-refractivity contribution >= 4 is 11.9 Å². The van der Waals surface area contributed by atoms with Gasteiger partial charge in [0.05, 0.1) is 0 Å². The summed E-state index contributed by atoms with van der Waals surface area (Å²) in [6, 6.07) is 0. The van der Waals surface area contributed by atoms with E-state index in [2.05, 4.69) is 0 Å². The second-order valence-corrected chi connectivity index (χ2v) is 4.79. The van der Waals surface area contributed by atoms with E-state index < -0.39 is 24.0 Å². The van der Waals surface area contributed by atoms with Gasteiger partial charge in [0, 0.05) is 5.41 Å². The smallest absolute Gasteiger partial charge is 0.317 e. The Morgan fingerprint density at radius 3 is 2.00 bits per heavy atom. The molecule has 0 amide bonds. The van der Waals surface area contributed by atoms with Gasteiger partial charge >= 0.3 is 11.9 Å². The van der Waals surface area contributed by atoms with Crippen LogP contribution in [0.4, 0.5) is 0 Å². The molecule has 0 aliphatic carbocycles. The molecule has 0 saturated carbocycles. The van der Waals surface area contributed by atoms with E-state index >= 15 is 0 Å². The number of carbonyl (C=O) groups is 2. The molecular formula is C11H20O4. The molecule has 0 fully saturated rings. The zero-order chi connectivity index (χ0) is 12.3. The van der Waals surface area contributed by atoms with Crippen LogP contribution in [0.15, 0.2) is 0 Å². The van der Waals surface area contributed by atoms with E-state index in [-0.39, 0.29) is 5.41 Å². The largest absolute Gasteiger partial charge is 0.481 e. The fourth-order valence-corrected chi connectivity index (χ4v) is 1.01. The van der Waals surface area contributed by atoms with Crippen molar-refractivity contribution in [1.29, 1.82) is 0 Å². The summed E-state index contributed by atoms with van der Waals surface area (Å²) >= 11 is 0. The zero-order valence-corrected chi connectivity index (χ0v) is 10.1. The van der Waals surface area contributed by atoms with Crippen LogP contribution < -0.4 is 0 Å². The summed E-state index contributed by atoms with van der Waals surface area (Å²) < 4.78 is 5.18. The molecular weight excluding hydrogens is 196 g/mol. The van der Waals surface area contributed by atoms with E-state index in [1.54, 1.807) is 13.8 Å². The Morgan fingerprint density at radius 1 is 1.20 bits per heavy atom. The van der Waals surface area contributed by atoms with Gasteiger partial charge in [0.1, 0.15) is 12.0 Å². The predicted octanol–water partition coefficient (Wildman–Crippen LogP) is 2.22. The number of carboxylic acids is 1. The van der Waals surface area contributed by atoms with Crippen LogP contribution in [0.3, 0.4) is 0 Å². The molecule has 0 rings (SSSR count). The maximum atomic E-state index is 11.2. The van der Waals surface area contributed by atoms with E-state index in [1.165, 1.54) is 0 Å². The van der Waals surface area contributed by atoms with Gasteiger partial charge in [-0.05, 0) is 20.3 Å². The number of rotatable bonds is 5. The van der Waals surface area contributed by atoms with Gasteiger partial charge in [-0.2, -0.15) is 0 Å². The monoisotopic (exact) mass is 216 g/mol. The van der Waals surface area contributed by atoms with Gasteiger partial charge in [-0.15, -0.1) is 0 Å².